The predicted molar refractivity (Wildman–Crippen MR) is 83.8 cm³/mol. The molecule has 10 heteroatoms. The number of carbonyl (C=O) groups excluding carboxylic acids is 1. The van der Waals surface area contributed by atoms with E-state index in [9.17, 15) is 26.4 Å². The molecule has 0 aliphatic carbocycles. The smallest absolute Gasteiger partial charge is 0.379 e. The number of alkyl halides is 3. The monoisotopic (exact) mass is 384 g/mol. The minimum absolute atomic E-state index is 0.0731. The minimum Gasteiger partial charge on any atom is -0.379 e. The van der Waals surface area contributed by atoms with Gasteiger partial charge in [0, 0.05) is 5.56 Å². The molecule has 0 radical (unpaired) electrons. The van der Waals surface area contributed by atoms with Gasteiger partial charge in [-0.1, -0.05) is 6.07 Å². The molecule has 136 valence electrons. The summed E-state index contributed by atoms with van der Waals surface area (Å²) in [4.78, 5) is 11.3. The summed E-state index contributed by atoms with van der Waals surface area (Å²) in [7, 11) is -4.24. The van der Waals surface area contributed by atoms with Gasteiger partial charge in [0.15, 0.2) is 0 Å². The van der Waals surface area contributed by atoms with Crippen molar-refractivity contribution in [3.63, 3.8) is 0 Å². The van der Waals surface area contributed by atoms with Crippen LogP contribution in [0.5, 0.6) is 5.75 Å². The second-order valence-corrected chi connectivity index (χ2v) is 6.55. The van der Waals surface area contributed by atoms with Crippen LogP contribution in [0, 0.1) is 11.3 Å². The first-order valence-corrected chi connectivity index (χ1v) is 8.41. The quantitative estimate of drug-likeness (QED) is 0.800. The Labute approximate surface area is 146 Å². The second kappa shape index (κ2) is 7.45. The van der Waals surface area contributed by atoms with E-state index in [-0.39, 0.29) is 21.8 Å². The van der Waals surface area contributed by atoms with Crippen molar-refractivity contribution in [1.29, 1.82) is 5.26 Å². The zero-order chi connectivity index (χ0) is 19.4. The average Bonchev–Trinajstić information content (AvgIpc) is 2.59. The van der Waals surface area contributed by atoms with Gasteiger partial charge in [0.25, 0.3) is 5.91 Å². The molecule has 0 atom stereocenters. The van der Waals surface area contributed by atoms with Gasteiger partial charge in [-0.05, 0) is 42.5 Å². The molecule has 0 fully saturated rings. The molecule has 2 rings (SSSR count). The maximum absolute atomic E-state index is 12.2. The summed E-state index contributed by atoms with van der Waals surface area (Å²) in [6.07, 6.45) is -4.55. The third kappa shape index (κ3) is 5.22. The number of halogens is 3. The van der Waals surface area contributed by atoms with Crippen LogP contribution in [-0.4, -0.2) is 27.0 Å². The normalized spacial score (nSPS) is 11.5. The molecular formula is C16H11F3N2O4S. The van der Waals surface area contributed by atoms with E-state index in [0.717, 1.165) is 24.3 Å². The average molecular weight is 384 g/mol. The minimum atomic E-state index is -4.55. The lowest BCUT2D eigenvalue weighted by Gasteiger charge is -2.09. The molecular weight excluding hydrogens is 373 g/mol. The molecule has 0 spiro atoms. The lowest BCUT2D eigenvalue weighted by molar-refractivity contribution is -0.123. The van der Waals surface area contributed by atoms with Gasteiger partial charge in [0.05, 0.1) is 11.6 Å². The molecule has 26 heavy (non-hydrogen) atoms. The number of carbonyl (C=O) groups is 1. The van der Waals surface area contributed by atoms with E-state index < -0.39 is 28.7 Å². The van der Waals surface area contributed by atoms with Crippen molar-refractivity contribution in [2.24, 2.45) is 0 Å². The van der Waals surface area contributed by atoms with Gasteiger partial charge in [-0.2, -0.15) is 26.9 Å². The van der Waals surface area contributed by atoms with Crippen molar-refractivity contribution in [3.05, 3.63) is 59.7 Å². The Balaban J connectivity index is 2.13. The number of nitriles is 1. The highest BCUT2D eigenvalue weighted by atomic mass is 32.2. The molecule has 0 saturated carbocycles. The van der Waals surface area contributed by atoms with E-state index in [1.165, 1.54) is 24.3 Å². The molecule has 2 aromatic rings. The lowest BCUT2D eigenvalue weighted by atomic mass is 10.2. The van der Waals surface area contributed by atoms with Crippen LogP contribution in [0.4, 0.5) is 13.2 Å². The van der Waals surface area contributed by atoms with Crippen LogP contribution < -0.4 is 9.50 Å². The Bertz CT molecular complexity index is 949. The summed E-state index contributed by atoms with van der Waals surface area (Å²) in [5, 5.41) is 10.5. The highest BCUT2D eigenvalue weighted by Gasteiger charge is 2.28. The third-order valence-electron chi connectivity index (χ3n) is 3.02. The van der Waals surface area contributed by atoms with Crippen molar-refractivity contribution in [1.82, 2.24) is 5.32 Å². The van der Waals surface area contributed by atoms with Gasteiger partial charge in [-0.15, -0.1) is 0 Å². The second-order valence-electron chi connectivity index (χ2n) is 5.00. The topological polar surface area (TPSA) is 96.3 Å². The molecule has 0 aliphatic heterocycles. The fraction of sp³-hybridized carbons (Fsp3) is 0.125. The Kier molecular flexibility index (Phi) is 5.52. The summed E-state index contributed by atoms with van der Waals surface area (Å²) in [6.45, 7) is -1.50. The Morgan fingerprint density at radius 3 is 2.38 bits per heavy atom. The predicted octanol–water partition coefficient (Wildman–Crippen LogP) is 2.62. The van der Waals surface area contributed by atoms with Crippen LogP contribution in [0.2, 0.25) is 0 Å². The Hall–Kier alpha value is -3.06. The number of hydrogen-bond acceptors (Lipinski definition) is 5. The summed E-state index contributed by atoms with van der Waals surface area (Å²) < 4.78 is 65.5. The van der Waals surface area contributed by atoms with E-state index in [4.69, 9.17) is 9.44 Å². The molecule has 0 bridgehead atoms. The maximum Gasteiger partial charge on any atom is 0.405 e. The standard InChI is InChI=1S/C16H11F3N2O4S/c17-16(18,19)10-21-15(22)12-4-6-14(7-5-12)26(23,24)25-13-3-1-2-11(8-13)9-20/h1-8H,10H2,(H,21,22). The molecule has 0 unspecified atom stereocenters. The van der Waals surface area contributed by atoms with E-state index in [2.05, 4.69) is 0 Å². The summed E-state index contributed by atoms with van der Waals surface area (Å²) in [5.41, 5.74) is 0.0639. The first kappa shape index (κ1) is 19.3. The summed E-state index contributed by atoms with van der Waals surface area (Å²) >= 11 is 0. The van der Waals surface area contributed by atoms with Gasteiger partial charge in [0.1, 0.15) is 17.2 Å². The first-order valence-electron chi connectivity index (χ1n) is 7.00. The molecule has 1 N–H and O–H groups in total. The third-order valence-corrected chi connectivity index (χ3v) is 4.29. The Morgan fingerprint density at radius 1 is 1.15 bits per heavy atom. The number of rotatable bonds is 5. The van der Waals surface area contributed by atoms with E-state index in [0.29, 0.717) is 0 Å². The maximum atomic E-state index is 12.2. The van der Waals surface area contributed by atoms with Crippen molar-refractivity contribution in [3.8, 4) is 11.8 Å². The summed E-state index contributed by atoms with van der Waals surface area (Å²) in [6, 6.07) is 11.5. The SMILES string of the molecule is N#Cc1cccc(OS(=O)(=O)c2ccc(C(=O)NCC(F)(F)F)cc2)c1. The fourth-order valence-corrected chi connectivity index (χ4v) is 2.77. The van der Waals surface area contributed by atoms with Gasteiger partial charge >= 0.3 is 16.3 Å². The van der Waals surface area contributed by atoms with Crippen molar-refractivity contribution >= 4 is 16.0 Å². The molecule has 0 aliphatic rings. The zero-order valence-corrected chi connectivity index (χ0v) is 13.8. The number of nitrogens with one attached hydrogen (secondary N) is 1. The fourth-order valence-electron chi connectivity index (χ4n) is 1.85. The van der Waals surface area contributed by atoms with Crippen molar-refractivity contribution in [2.75, 3.05) is 6.54 Å². The van der Waals surface area contributed by atoms with Crippen molar-refractivity contribution in [2.45, 2.75) is 11.1 Å². The van der Waals surface area contributed by atoms with Crippen LogP contribution in [0.15, 0.2) is 53.4 Å². The Morgan fingerprint density at radius 2 is 1.81 bits per heavy atom. The molecule has 6 nitrogen and oxygen atoms in total. The van der Waals surface area contributed by atoms with Crippen LogP contribution in [-0.2, 0) is 10.1 Å². The number of nitrogens with zero attached hydrogens (tertiary/aromatic N) is 1. The summed E-state index contributed by atoms with van der Waals surface area (Å²) in [5.74, 6) is -1.06. The van der Waals surface area contributed by atoms with Crippen molar-refractivity contribution < 1.29 is 30.6 Å². The lowest BCUT2D eigenvalue weighted by Crippen LogP contribution is -2.33. The van der Waals surface area contributed by atoms with Crippen LogP contribution in [0.25, 0.3) is 0 Å². The molecule has 1 amide bonds. The van der Waals surface area contributed by atoms with Gasteiger partial charge in [-0.25, -0.2) is 0 Å². The van der Waals surface area contributed by atoms with E-state index in [1.807, 2.05) is 6.07 Å². The number of hydrogen-bond donors (Lipinski definition) is 1. The molecule has 2 aromatic carbocycles. The van der Waals surface area contributed by atoms with Gasteiger partial charge in [-0.3, -0.25) is 4.79 Å². The van der Waals surface area contributed by atoms with Crippen LogP contribution >= 0.6 is 0 Å². The van der Waals surface area contributed by atoms with E-state index >= 15 is 0 Å². The zero-order valence-electron chi connectivity index (χ0n) is 12.9. The molecule has 0 aromatic heterocycles. The van der Waals surface area contributed by atoms with Crippen LogP contribution in [0.3, 0.4) is 0 Å². The number of benzene rings is 2. The van der Waals surface area contributed by atoms with Crippen LogP contribution in [0.1, 0.15) is 15.9 Å². The molecule has 0 saturated heterocycles. The largest absolute Gasteiger partial charge is 0.405 e. The first-order chi connectivity index (χ1) is 12.1. The van der Waals surface area contributed by atoms with E-state index in [1.54, 1.807) is 5.32 Å². The van der Waals surface area contributed by atoms with Gasteiger partial charge in [0.2, 0.25) is 0 Å². The highest BCUT2D eigenvalue weighted by molar-refractivity contribution is 7.87. The highest BCUT2D eigenvalue weighted by Crippen LogP contribution is 2.20. The molecule has 0 heterocycles. The van der Waals surface area contributed by atoms with Gasteiger partial charge < -0.3 is 9.50 Å². The number of amides is 1.